The SMILES string of the molecule is C=CC=C.C=CCCC=C. The fourth-order valence-electron chi connectivity index (χ4n) is 0.236. The van der Waals surface area contributed by atoms with Gasteiger partial charge >= 0.3 is 0 Å². The number of hydrogen-bond donors (Lipinski definition) is 0. The fourth-order valence-corrected chi connectivity index (χ4v) is 0.236. The highest BCUT2D eigenvalue weighted by atomic mass is 13.7. The molecule has 0 aromatic heterocycles. The Balaban J connectivity index is 0. The van der Waals surface area contributed by atoms with Crippen molar-refractivity contribution in [2.75, 3.05) is 0 Å². The van der Waals surface area contributed by atoms with E-state index in [-0.39, 0.29) is 0 Å². The largest absolute Gasteiger partial charge is 0.103 e. The van der Waals surface area contributed by atoms with Crippen molar-refractivity contribution in [3.63, 3.8) is 0 Å². The zero-order valence-electron chi connectivity index (χ0n) is 6.55. The molecule has 0 spiro atoms. The van der Waals surface area contributed by atoms with Gasteiger partial charge in [0.15, 0.2) is 0 Å². The van der Waals surface area contributed by atoms with Gasteiger partial charge in [0, 0.05) is 0 Å². The smallest absolute Gasteiger partial charge is 0.0319 e. The van der Waals surface area contributed by atoms with E-state index in [1.54, 1.807) is 12.2 Å². The fraction of sp³-hybridized carbons (Fsp3) is 0.200. The van der Waals surface area contributed by atoms with E-state index in [9.17, 15) is 0 Å². The molecule has 0 fully saturated rings. The van der Waals surface area contributed by atoms with Gasteiger partial charge in [0.25, 0.3) is 0 Å². The Morgan fingerprint density at radius 2 is 1.00 bits per heavy atom. The minimum absolute atomic E-state index is 1.06. The van der Waals surface area contributed by atoms with Gasteiger partial charge in [-0.05, 0) is 12.8 Å². The summed E-state index contributed by atoms with van der Waals surface area (Å²) < 4.78 is 0. The number of hydrogen-bond acceptors (Lipinski definition) is 0. The van der Waals surface area contributed by atoms with Crippen LogP contribution in [-0.2, 0) is 0 Å². The molecule has 0 heteroatoms. The van der Waals surface area contributed by atoms with Gasteiger partial charge in [-0.1, -0.05) is 37.5 Å². The Labute approximate surface area is 64.3 Å². The summed E-state index contributed by atoms with van der Waals surface area (Å²) in [6, 6.07) is 0. The molecule has 10 heavy (non-hydrogen) atoms. The van der Waals surface area contributed by atoms with Crippen LogP contribution in [0.4, 0.5) is 0 Å². The highest BCUT2D eigenvalue weighted by Crippen LogP contribution is 1.86. The van der Waals surface area contributed by atoms with Crippen molar-refractivity contribution in [3.05, 3.63) is 50.6 Å². The minimum atomic E-state index is 1.06. The predicted octanol–water partition coefficient (Wildman–Crippen LogP) is 3.50. The zero-order chi connectivity index (χ0) is 8.24. The van der Waals surface area contributed by atoms with E-state index >= 15 is 0 Å². The van der Waals surface area contributed by atoms with E-state index in [0.29, 0.717) is 0 Å². The molecule has 0 bridgehead atoms. The van der Waals surface area contributed by atoms with Gasteiger partial charge in [0.1, 0.15) is 0 Å². The maximum absolute atomic E-state index is 3.55. The highest BCUT2D eigenvalue weighted by Gasteiger charge is 1.66. The van der Waals surface area contributed by atoms with Crippen molar-refractivity contribution < 1.29 is 0 Å². The Morgan fingerprint density at radius 1 is 0.700 bits per heavy atom. The second kappa shape index (κ2) is 15.7. The van der Waals surface area contributed by atoms with Crippen molar-refractivity contribution in [2.45, 2.75) is 12.8 Å². The van der Waals surface area contributed by atoms with Gasteiger partial charge < -0.3 is 0 Å². The standard InChI is InChI=1S/C6H10.C4H6/c1-3-5-6-4-2;1-3-4-2/h3-4H,1-2,5-6H2;3-4H,1-2H2. The maximum Gasteiger partial charge on any atom is -0.0319 e. The van der Waals surface area contributed by atoms with Crippen molar-refractivity contribution in [1.82, 2.24) is 0 Å². The molecule has 0 aliphatic rings. The first-order valence-corrected chi connectivity index (χ1v) is 3.28. The molecular weight excluding hydrogens is 120 g/mol. The summed E-state index contributed by atoms with van der Waals surface area (Å²) in [5.41, 5.74) is 0. The summed E-state index contributed by atoms with van der Waals surface area (Å²) in [6.45, 7) is 13.8. The van der Waals surface area contributed by atoms with Crippen molar-refractivity contribution >= 4 is 0 Å². The van der Waals surface area contributed by atoms with Crippen LogP contribution in [0.25, 0.3) is 0 Å². The Bertz CT molecular complexity index is 84.6. The van der Waals surface area contributed by atoms with Crippen LogP contribution in [0, 0.1) is 0 Å². The number of allylic oxidation sites excluding steroid dienone is 4. The van der Waals surface area contributed by atoms with E-state index in [1.165, 1.54) is 0 Å². The van der Waals surface area contributed by atoms with Crippen LogP contribution < -0.4 is 0 Å². The molecule has 0 amide bonds. The van der Waals surface area contributed by atoms with E-state index in [2.05, 4.69) is 26.3 Å². The van der Waals surface area contributed by atoms with Crippen LogP contribution in [0.2, 0.25) is 0 Å². The molecule has 0 aromatic carbocycles. The molecule has 0 N–H and O–H groups in total. The first kappa shape index (κ1) is 11.7. The molecule has 0 unspecified atom stereocenters. The van der Waals surface area contributed by atoms with Crippen molar-refractivity contribution in [1.29, 1.82) is 0 Å². The third kappa shape index (κ3) is 28.2. The molecule has 0 heterocycles. The molecule has 0 atom stereocenters. The lowest BCUT2D eigenvalue weighted by Gasteiger charge is -1.76. The van der Waals surface area contributed by atoms with Crippen molar-refractivity contribution in [3.8, 4) is 0 Å². The third-order valence-corrected chi connectivity index (χ3v) is 0.742. The first-order valence-electron chi connectivity index (χ1n) is 3.28. The van der Waals surface area contributed by atoms with Gasteiger partial charge in [-0.2, -0.15) is 0 Å². The lowest BCUT2D eigenvalue weighted by molar-refractivity contribution is 1.06. The Morgan fingerprint density at radius 3 is 1.10 bits per heavy atom. The van der Waals surface area contributed by atoms with Crippen LogP contribution in [0.1, 0.15) is 12.8 Å². The van der Waals surface area contributed by atoms with Crippen LogP contribution >= 0.6 is 0 Å². The van der Waals surface area contributed by atoms with Gasteiger partial charge in [0.2, 0.25) is 0 Å². The number of rotatable bonds is 4. The normalized spacial score (nSPS) is 6.40. The summed E-state index contributed by atoms with van der Waals surface area (Å²) in [7, 11) is 0. The lowest BCUT2D eigenvalue weighted by atomic mass is 10.3. The van der Waals surface area contributed by atoms with Crippen LogP contribution in [0.3, 0.4) is 0 Å². The van der Waals surface area contributed by atoms with Crippen LogP contribution in [-0.4, -0.2) is 0 Å². The minimum Gasteiger partial charge on any atom is -0.103 e. The van der Waals surface area contributed by atoms with Crippen LogP contribution in [0.15, 0.2) is 50.6 Å². The summed E-state index contributed by atoms with van der Waals surface area (Å²) >= 11 is 0. The van der Waals surface area contributed by atoms with E-state index in [4.69, 9.17) is 0 Å². The van der Waals surface area contributed by atoms with Gasteiger partial charge in [0.05, 0.1) is 0 Å². The molecule has 0 rings (SSSR count). The number of unbranched alkanes of at least 4 members (excludes halogenated alkanes) is 1. The van der Waals surface area contributed by atoms with E-state index in [0.717, 1.165) is 12.8 Å². The maximum atomic E-state index is 3.55. The average molecular weight is 136 g/mol. The van der Waals surface area contributed by atoms with E-state index in [1.807, 2.05) is 12.2 Å². The molecule has 56 valence electrons. The third-order valence-electron chi connectivity index (χ3n) is 0.742. The Kier molecular flexibility index (Phi) is 18.4. The molecule has 0 aliphatic heterocycles. The molecule has 0 saturated carbocycles. The molecule has 0 saturated heterocycles. The van der Waals surface area contributed by atoms with Gasteiger partial charge in [-0.3, -0.25) is 0 Å². The van der Waals surface area contributed by atoms with Crippen LogP contribution in [0.5, 0.6) is 0 Å². The second-order valence-electron chi connectivity index (χ2n) is 1.63. The monoisotopic (exact) mass is 136 g/mol. The average Bonchev–Trinajstić information content (AvgIpc) is 2.01. The van der Waals surface area contributed by atoms with E-state index < -0.39 is 0 Å². The highest BCUT2D eigenvalue weighted by molar-refractivity contribution is 4.88. The second-order valence-corrected chi connectivity index (χ2v) is 1.63. The first-order chi connectivity index (χ1) is 4.83. The summed E-state index contributed by atoms with van der Waals surface area (Å²) in [6.07, 6.45) is 9.18. The molecule has 0 aromatic rings. The molecular formula is C10H16. The van der Waals surface area contributed by atoms with Gasteiger partial charge in [-0.25, -0.2) is 0 Å². The topological polar surface area (TPSA) is 0 Å². The predicted molar refractivity (Wildman–Crippen MR) is 50.0 cm³/mol. The van der Waals surface area contributed by atoms with Gasteiger partial charge in [-0.15, -0.1) is 13.2 Å². The zero-order valence-corrected chi connectivity index (χ0v) is 6.55. The summed E-state index contributed by atoms with van der Waals surface area (Å²) in [5, 5.41) is 0. The lowest BCUT2D eigenvalue weighted by Crippen LogP contribution is -1.56. The molecule has 0 nitrogen and oxygen atoms in total. The Hall–Kier alpha value is -1.04. The quantitative estimate of drug-likeness (QED) is 0.315. The van der Waals surface area contributed by atoms with Crippen molar-refractivity contribution in [2.24, 2.45) is 0 Å². The summed E-state index contributed by atoms with van der Waals surface area (Å²) in [5.74, 6) is 0. The summed E-state index contributed by atoms with van der Waals surface area (Å²) in [4.78, 5) is 0. The molecule has 0 radical (unpaired) electrons. The molecule has 0 aliphatic carbocycles.